The number of anilines is 1. The van der Waals surface area contributed by atoms with Gasteiger partial charge in [0.05, 0.1) is 23.4 Å². The van der Waals surface area contributed by atoms with Crippen molar-refractivity contribution in [3.63, 3.8) is 0 Å². The van der Waals surface area contributed by atoms with E-state index in [0.717, 1.165) is 29.6 Å². The van der Waals surface area contributed by atoms with E-state index < -0.39 is 0 Å². The molecule has 2 atom stereocenters. The van der Waals surface area contributed by atoms with Gasteiger partial charge in [0.1, 0.15) is 6.54 Å². The normalized spacial score (nSPS) is 21.2. The van der Waals surface area contributed by atoms with Crippen LogP contribution in [0.5, 0.6) is 0 Å². The van der Waals surface area contributed by atoms with Crippen molar-refractivity contribution in [2.24, 2.45) is 11.8 Å². The van der Waals surface area contributed by atoms with Gasteiger partial charge in [-0.2, -0.15) is 4.98 Å². The molecule has 9 heteroatoms. The first-order chi connectivity index (χ1) is 15.7. The summed E-state index contributed by atoms with van der Waals surface area (Å²) in [5.41, 5.74) is 1.57. The Morgan fingerprint density at radius 2 is 2.00 bits per heavy atom. The van der Waals surface area contributed by atoms with Crippen molar-refractivity contribution in [1.29, 1.82) is 0 Å². The van der Waals surface area contributed by atoms with Gasteiger partial charge < -0.3 is 9.42 Å². The Kier molecular flexibility index (Phi) is 5.38. The van der Waals surface area contributed by atoms with Crippen LogP contribution in [0.2, 0.25) is 5.02 Å². The Morgan fingerprint density at radius 1 is 1.19 bits per heavy atom. The van der Waals surface area contributed by atoms with Crippen LogP contribution in [0.3, 0.4) is 0 Å². The molecule has 0 radical (unpaired) electrons. The number of aromatic nitrogens is 5. The molecule has 4 aromatic rings. The minimum atomic E-state index is -0.150. The minimum Gasteiger partial charge on any atom is -0.371 e. The van der Waals surface area contributed by atoms with E-state index >= 15 is 0 Å². The van der Waals surface area contributed by atoms with Crippen molar-refractivity contribution in [2.45, 2.75) is 26.3 Å². The fourth-order valence-corrected chi connectivity index (χ4v) is 4.71. The number of fused-ring (bicyclic) bond motifs is 2. The topological polar surface area (TPSA) is 89.9 Å². The molecule has 1 saturated carbocycles. The van der Waals surface area contributed by atoms with Crippen LogP contribution in [0.15, 0.2) is 58.4 Å². The van der Waals surface area contributed by atoms with Crippen LogP contribution in [0.1, 0.15) is 31.5 Å². The predicted molar refractivity (Wildman–Crippen MR) is 122 cm³/mol. The highest BCUT2D eigenvalue weighted by Gasteiger charge is 2.58. The summed E-state index contributed by atoms with van der Waals surface area (Å²) in [5.74, 6) is 2.50. The molecule has 164 valence electrons. The highest BCUT2D eigenvalue weighted by Crippen LogP contribution is 2.57. The molecule has 1 aliphatic carbocycles. The van der Waals surface area contributed by atoms with Gasteiger partial charge in [-0.15, -0.1) is 0 Å². The van der Waals surface area contributed by atoms with Gasteiger partial charge in [0.15, 0.2) is 5.82 Å². The molecule has 8 nitrogen and oxygen atoms in total. The van der Waals surface area contributed by atoms with E-state index in [1.807, 2.05) is 32.0 Å². The van der Waals surface area contributed by atoms with E-state index in [0.29, 0.717) is 34.5 Å². The van der Waals surface area contributed by atoms with Gasteiger partial charge in [-0.3, -0.25) is 14.3 Å². The number of hydrogen-bond acceptors (Lipinski definition) is 7. The van der Waals surface area contributed by atoms with E-state index in [9.17, 15) is 4.79 Å². The zero-order valence-electron chi connectivity index (χ0n) is 17.8. The molecule has 2 aliphatic rings. The lowest BCUT2D eigenvalue weighted by molar-refractivity contribution is 0.363. The Balaban J connectivity index is 0.00000105. The molecule has 6 rings (SSSR count). The molecule has 2 unspecified atom stereocenters. The summed E-state index contributed by atoms with van der Waals surface area (Å²) in [5, 5.41) is 5.46. The first-order valence-corrected chi connectivity index (χ1v) is 11.2. The molecule has 0 amide bonds. The molecule has 4 heterocycles. The van der Waals surface area contributed by atoms with E-state index in [2.05, 4.69) is 31.1 Å². The summed E-state index contributed by atoms with van der Waals surface area (Å²) < 4.78 is 6.92. The van der Waals surface area contributed by atoms with Gasteiger partial charge in [-0.05, 0) is 36.1 Å². The largest absolute Gasteiger partial charge is 0.371 e. The van der Waals surface area contributed by atoms with Gasteiger partial charge >= 0.3 is 0 Å². The van der Waals surface area contributed by atoms with Gasteiger partial charge in [0.2, 0.25) is 5.89 Å². The maximum absolute atomic E-state index is 12.6. The number of halogens is 1. The summed E-state index contributed by atoms with van der Waals surface area (Å²) in [6.45, 7) is 6.12. The molecule has 32 heavy (non-hydrogen) atoms. The van der Waals surface area contributed by atoms with Crippen molar-refractivity contribution in [2.75, 3.05) is 18.0 Å². The van der Waals surface area contributed by atoms with E-state index in [4.69, 9.17) is 16.1 Å². The molecule has 1 aromatic carbocycles. The zero-order chi connectivity index (χ0) is 22.2. The molecule has 0 bridgehead atoms. The first-order valence-electron chi connectivity index (χ1n) is 10.8. The zero-order valence-corrected chi connectivity index (χ0v) is 18.6. The first kappa shape index (κ1) is 20.6. The fourth-order valence-electron chi connectivity index (χ4n) is 4.53. The van der Waals surface area contributed by atoms with Crippen LogP contribution >= 0.6 is 11.6 Å². The number of nitrogens with zero attached hydrogens (tertiary/aromatic N) is 6. The molecule has 2 fully saturated rings. The lowest BCUT2D eigenvalue weighted by Gasteiger charge is -2.21. The Bertz CT molecular complexity index is 1310. The third-order valence-electron chi connectivity index (χ3n) is 6.08. The highest BCUT2D eigenvalue weighted by atomic mass is 35.5. The van der Waals surface area contributed by atoms with Gasteiger partial charge in [-0.25, -0.2) is 4.98 Å². The Morgan fingerprint density at radius 3 is 2.78 bits per heavy atom. The maximum atomic E-state index is 12.6. The lowest BCUT2D eigenvalue weighted by Crippen LogP contribution is -2.23. The SMILES string of the molecule is CC.O=c1c2ccncc2ncn1Cc1nc(C2C3CN(c4cccc(Cl)c4)CC32)no1. The van der Waals surface area contributed by atoms with Crippen molar-refractivity contribution in [1.82, 2.24) is 24.7 Å². The quantitative estimate of drug-likeness (QED) is 0.467. The van der Waals surface area contributed by atoms with Crippen LogP contribution < -0.4 is 10.5 Å². The van der Waals surface area contributed by atoms with Crippen molar-refractivity contribution in [3.05, 3.63) is 76.1 Å². The maximum Gasteiger partial charge on any atom is 0.261 e. The highest BCUT2D eigenvalue weighted by molar-refractivity contribution is 6.30. The number of rotatable bonds is 4. The molecule has 1 saturated heterocycles. The van der Waals surface area contributed by atoms with Gasteiger partial charge in [0.25, 0.3) is 5.56 Å². The summed E-state index contributed by atoms with van der Waals surface area (Å²) >= 11 is 6.12. The second-order valence-electron chi connectivity index (χ2n) is 7.86. The molecular weight excluding hydrogens is 428 g/mol. The average molecular weight is 451 g/mol. The van der Waals surface area contributed by atoms with E-state index in [1.165, 1.54) is 10.9 Å². The molecule has 1 aliphatic heterocycles. The fraction of sp³-hybridized carbons (Fsp3) is 0.348. The number of benzene rings is 1. The second kappa shape index (κ2) is 8.35. The van der Waals surface area contributed by atoms with E-state index in [1.54, 1.807) is 18.5 Å². The van der Waals surface area contributed by atoms with E-state index in [-0.39, 0.29) is 12.1 Å². The van der Waals surface area contributed by atoms with Gasteiger partial charge in [-0.1, -0.05) is 36.7 Å². The molecule has 0 N–H and O–H groups in total. The van der Waals surface area contributed by atoms with Crippen LogP contribution in [0.25, 0.3) is 10.9 Å². The number of piperidine rings is 1. The standard InChI is InChI=1S/C21H17ClN6O2.C2H6/c22-12-2-1-3-13(6-12)27-8-15-16(9-27)19(15)20-25-18(30-26-20)10-28-11-24-17-7-23-5-4-14(17)21(28)29;1-2/h1-7,11,15-16,19H,8-10H2;1-2H3. The third-order valence-corrected chi connectivity index (χ3v) is 6.32. The van der Waals surface area contributed by atoms with Crippen LogP contribution in [-0.4, -0.2) is 37.8 Å². The predicted octanol–water partition coefficient (Wildman–Crippen LogP) is 3.75. The van der Waals surface area contributed by atoms with Crippen LogP contribution in [-0.2, 0) is 6.54 Å². The Labute approximate surface area is 189 Å². The van der Waals surface area contributed by atoms with Gasteiger partial charge in [0, 0.05) is 35.9 Å². The summed E-state index contributed by atoms with van der Waals surface area (Å²) in [7, 11) is 0. The molecular formula is C23H23ClN6O2. The number of hydrogen-bond donors (Lipinski definition) is 0. The summed E-state index contributed by atoms with van der Waals surface area (Å²) in [4.78, 5) is 27.8. The molecule has 0 spiro atoms. The lowest BCUT2D eigenvalue weighted by atomic mass is 10.2. The van der Waals surface area contributed by atoms with Crippen LogP contribution in [0, 0.1) is 11.8 Å². The molecule has 3 aromatic heterocycles. The monoisotopic (exact) mass is 450 g/mol. The Hall–Kier alpha value is -3.26. The van der Waals surface area contributed by atoms with Crippen LogP contribution in [0.4, 0.5) is 5.69 Å². The van der Waals surface area contributed by atoms with Crippen molar-refractivity contribution >= 4 is 28.2 Å². The van der Waals surface area contributed by atoms with Crippen molar-refractivity contribution in [3.8, 4) is 0 Å². The second-order valence-corrected chi connectivity index (χ2v) is 8.29. The summed E-state index contributed by atoms with van der Waals surface area (Å²) in [6, 6.07) is 9.61. The third kappa shape index (κ3) is 3.64. The number of pyridine rings is 1. The average Bonchev–Trinajstić information content (AvgIpc) is 3.16. The smallest absolute Gasteiger partial charge is 0.261 e. The van der Waals surface area contributed by atoms with Crippen molar-refractivity contribution < 1.29 is 4.52 Å². The minimum absolute atomic E-state index is 0.150. The summed E-state index contributed by atoms with van der Waals surface area (Å²) in [6.07, 6.45) is 4.65.